The fourth-order valence-electron chi connectivity index (χ4n) is 2.40. The predicted molar refractivity (Wildman–Crippen MR) is 81.4 cm³/mol. The Morgan fingerprint density at radius 2 is 1.90 bits per heavy atom. The number of hydrogen-bond acceptors (Lipinski definition) is 4. The van der Waals surface area contributed by atoms with Gasteiger partial charge in [-0.25, -0.2) is 0 Å². The Balaban J connectivity index is 1.50. The zero-order valence-corrected chi connectivity index (χ0v) is 12.4. The average Bonchev–Trinajstić information content (AvgIpc) is 2.52. The van der Waals surface area contributed by atoms with Crippen LogP contribution in [0.25, 0.3) is 0 Å². The molecular formula is C16H26N2O2. The third kappa shape index (κ3) is 5.49. The van der Waals surface area contributed by atoms with E-state index in [1.165, 1.54) is 18.5 Å². The van der Waals surface area contributed by atoms with Crippen LogP contribution >= 0.6 is 0 Å². The number of hydrogen-bond donors (Lipinski definition) is 1. The molecule has 2 rings (SSSR count). The summed E-state index contributed by atoms with van der Waals surface area (Å²) in [5.74, 6) is 0.923. The molecule has 1 N–H and O–H groups in total. The highest BCUT2D eigenvalue weighted by molar-refractivity contribution is 5.27. The summed E-state index contributed by atoms with van der Waals surface area (Å²) in [6.45, 7) is 7.27. The summed E-state index contributed by atoms with van der Waals surface area (Å²) in [5.41, 5.74) is 1.35. The lowest BCUT2D eigenvalue weighted by atomic mass is 10.1. The Morgan fingerprint density at radius 1 is 1.15 bits per heavy atom. The molecule has 1 saturated heterocycles. The maximum Gasteiger partial charge on any atom is 0.118 e. The van der Waals surface area contributed by atoms with Crippen LogP contribution in [0.4, 0.5) is 0 Å². The molecule has 1 aliphatic rings. The molecule has 1 heterocycles. The van der Waals surface area contributed by atoms with Crippen LogP contribution in [0.1, 0.15) is 12.0 Å². The van der Waals surface area contributed by atoms with E-state index in [1.54, 1.807) is 7.11 Å². The van der Waals surface area contributed by atoms with Crippen LogP contribution in [-0.2, 0) is 11.2 Å². The monoisotopic (exact) mass is 278 g/mol. The Kier molecular flexibility index (Phi) is 6.84. The summed E-state index contributed by atoms with van der Waals surface area (Å²) in [6, 6.07) is 8.31. The van der Waals surface area contributed by atoms with Crippen molar-refractivity contribution in [1.29, 1.82) is 0 Å². The Hall–Kier alpha value is -1.10. The summed E-state index contributed by atoms with van der Waals surface area (Å²) < 4.78 is 10.5. The molecule has 1 aromatic carbocycles. The Bertz CT molecular complexity index is 361. The molecule has 0 atom stereocenters. The minimum absolute atomic E-state index is 0.894. The van der Waals surface area contributed by atoms with Gasteiger partial charge in [-0.1, -0.05) is 12.1 Å². The molecule has 112 valence electrons. The summed E-state index contributed by atoms with van der Waals surface area (Å²) in [6.07, 6.45) is 2.28. The average molecular weight is 278 g/mol. The van der Waals surface area contributed by atoms with Crippen molar-refractivity contribution in [2.24, 2.45) is 0 Å². The van der Waals surface area contributed by atoms with Gasteiger partial charge in [0.05, 0.1) is 20.3 Å². The lowest BCUT2D eigenvalue weighted by molar-refractivity contribution is 0.0375. The molecule has 0 saturated carbocycles. The van der Waals surface area contributed by atoms with E-state index < -0.39 is 0 Å². The summed E-state index contributed by atoms with van der Waals surface area (Å²) in [5, 5.41) is 3.51. The van der Waals surface area contributed by atoms with Gasteiger partial charge in [0.15, 0.2) is 0 Å². The van der Waals surface area contributed by atoms with Gasteiger partial charge in [0.1, 0.15) is 5.75 Å². The van der Waals surface area contributed by atoms with E-state index in [0.29, 0.717) is 0 Å². The minimum Gasteiger partial charge on any atom is -0.497 e. The SMILES string of the molecule is COc1ccc(CCNCCCN2CCOCC2)cc1. The molecule has 0 amide bonds. The maximum absolute atomic E-state index is 5.34. The van der Waals surface area contributed by atoms with E-state index in [-0.39, 0.29) is 0 Å². The molecule has 0 aromatic heterocycles. The maximum atomic E-state index is 5.34. The predicted octanol–water partition coefficient (Wildman–Crippen LogP) is 1.55. The number of methoxy groups -OCH3 is 1. The second-order valence-electron chi connectivity index (χ2n) is 5.16. The molecule has 0 aliphatic carbocycles. The van der Waals surface area contributed by atoms with Crippen LogP contribution in [0.15, 0.2) is 24.3 Å². The van der Waals surface area contributed by atoms with Crippen molar-refractivity contribution in [1.82, 2.24) is 10.2 Å². The second-order valence-corrected chi connectivity index (χ2v) is 5.16. The quantitative estimate of drug-likeness (QED) is 0.732. The molecule has 4 heteroatoms. The largest absolute Gasteiger partial charge is 0.497 e. The minimum atomic E-state index is 0.894. The fraction of sp³-hybridized carbons (Fsp3) is 0.625. The van der Waals surface area contributed by atoms with E-state index in [1.807, 2.05) is 12.1 Å². The van der Waals surface area contributed by atoms with E-state index in [2.05, 4.69) is 22.3 Å². The first-order valence-corrected chi connectivity index (χ1v) is 7.52. The fourth-order valence-corrected chi connectivity index (χ4v) is 2.40. The van der Waals surface area contributed by atoms with E-state index in [9.17, 15) is 0 Å². The molecule has 0 unspecified atom stereocenters. The number of rotatable bonds is 8. The highest BCUT2D eigenvalue weighted by Crippen LogP contribution is 2.11. The highest BCUT2D eigenvalue weighted by atomic mass is 16.5. The third-order valence-corrected chi connectivity index (χ3v) is 3.68. The van der Waals surface area contributed by atoms with E-state index in [4.69, 9.17) is 9.47 Å². The van der Waals surface area contributed by atoms with E-state index in [0.717, 1.165) is 51.6 Å². The van der Waals surface area contributed by atoms with Gasteiger partial charge in [0.25, 0.3) is 0 Å². The molecule has 1 aliphatic heterocycles. The van der Waals surface area contributed by atoms with Crippen LogP contribution in [0, 0.1) is 0 Å². The summed E-state index contributed by atoms with van der Waals surface area (Å²) in [4.78, 5) is 2.48. The smallest absolute Gasteiger partial charge is 0.118 e. The molecule has 1 fully saturated rings. The van der Waals surface area contributed by atoms with Gasteiger partial charge in [0.2, 0.25) is 0 Å². The molecule has 20 heavy (non-hydrogen) atoms. The third-order valence-electron chi connectivity index (χ3n) is 3.68. The summed E-state index contributed by atoms with van der Waals surface area (Å²) >= 11 is 0. The number of nitrogens with one attached hydrogen (secondary N) is 1. The number of benzene rings is 1. The van der Waals surface area contributed by atoms with E-state index >= 15 is 0 Å². The Morgan fingerprint density at radius 3 is 2.60 bits per heavy atom. The first-order chi connectivity index (χ1) is 9.88. The van der Waals surface area contributed by atoms with Crippen molar-refractivity contribution in [3.63, 3.8) is 0 Å². The normalized spacial score (nSPS) is 16.2. The standard InChI is InChI=1S/C16H26N2O2/c1-19-16-5-3-15(4-6-16)7-9-17-8-2-10-18-11-13-20-14-12-18/h3-6,17H,2,7-14H2,1H3. The number of nitrogens with zero attached hydrogens (tertiary/aromatic N) is 1. The second kappa shape index (κ2) is 8.95. The topological polar surface area (TPSA) is 33.7 Å². The highest BCUT2D eigenvalue weighted by Gasteiger charge is 2.08. The van der Waals surface area contributed by atoms with Gasteiger partial charge in [-0.15, -0.1) is 0 Å². The zero-order chi connectivity index (χ0) is 14.0. The van der Waals surface area contributed by atoms with Crippen LogP contribution in [-0.4, -0.2) is 57.9 Å². The van der Waals surface area contributed by atoms with Crippen molar-refractivity contribution >= 4 is 0 Å². The van der Waals surface area contributed by atoms with Gasteiger partial charge >= 0.3 is 0 Å². The van der Waals surface area contributed by atoms with Gasteiger partial charge in [-0.2, -0.15) is 0 Å². The molecule has 1 aromatic rings. The molecule has 0 bridgehead atoms. The van der Waals surface area contributed by atoms with Crippen molar-refractivity contribution in [2.45, 2.75) is 12.8 Å². The molecule has 4 nitrogen and oxygen atoms in total. The van der Waals surface area contributed by atoms with Crippen LogP contribution < -0.4 is 10.1 Å². The van der Waals surface area contributed by atoms with Crippen molar-refractivity contribution < 1.29 is 9.47 Å². The molecule has 0 spiro atoms. The van der Waals surface area contributed by atoms with Gasteiger partial charge in [-0.3, -0.25) is 4.90 Å². The molecular weight excluding hydrogens is 252 g/mol. The first kappa shape index (κ1) is 15.3. The number of ether oxygens (including phenoxy) is 2. The van der Waals surface area contributed by atoms with Crippen LogP contribution in [0.3, 0.4) is 0 Å². The Labute approximate surface area is 122 Å². The lowest BCUT2D eigenvalue weighted by Crippen LogP contribution is -2.37. The van der Waals surface area contributed by atoms with Crippen molar-refractivity contribution in [3.05, 3.63) is 29.8 Å². The van der Waals surface area contributed by atoms with Crippen molar-refractivity contribution in [3.8, 4) is 5.75 Å². The van der Waals surface area contributed by atoms with Crippen molar-refractivity contribution in [2.75, 3.05) is 53.0 Å². The zero-order valence-electron chi connectivity index (χ0n) is 12.4. The van der Waals surface area contributed by atoms with Gasteiger partial charge in [-0.05, 0) is 50.2 Å². The number of morpholine rings is 1. The summed E-state index contributed by atoms with van der Waals surface area (Å²) in [7, 11) is 1.70. The lowest BCUT2D eigenvalue weighted by Gasteiger charge is -2.26. The first-order valence-electron chi connectivity index (χ1n) is 7.52. The van der Waals surface area contributed by atoms with Crippen LogP contribution in [0.5, 0.6) is 5.75 Å². The van der Waals surface area contributed by atoms with Crippen LogP contribution in [0.2, 0.25) is 0 Å². The van der Waals surface area contributed by atoms with Gasteiger partial charge < -0.3 is 14.8 Å². The van der Waals surface area contributed by atoms with Gasteiger partial charge in [0, 0.05) is 13.1 Å². The molecule has 0 radical (unpaired) electrons.